The van der Waals surface area contributed by atoms with Crippen molar-refractivity contribution in [3.05, 3.63) is 52.4 Å². The molecule has 1 heterocycles. The number of hydrogen-bond acceptors (Lipinski definition) is 3. The zero-order valence-corrected chi connectivity index (χ0v) is 12.2. The zero-order chi connectivity index (χ0) is 14.5. The summed E-state index contributed by atoms with van der Waals surface area (Å²) in [4.78, 5) is 4.29. The maximum absolute atomic E-state index is 13.9. The molecule has 0 aliphatic heterocycles. The highest BCUT2D eigenvalue weighted by molar-refractivity contribution is 6.31. The number of nitrogens with zero attached hydrogens (tertiary/aromatic N) is 1. The van der Waals surface area contributed by atoms with Crippen LogP contribution in [0, 0.1) is 12.7 Å². The fourth-order valence-corrected chi connectivity index (χ4v) is 1.87. The van der Waals surface area contributed by atoms with Gasteiger partial charge in [0.1, 0.15) is 0 Å². The first-order valence-electron chi connectivity index (χ1n) is 6.41. The van der Waals surface area contributed by atoms with Crippen LogP contribution in [0.1, 0.15) is 18.2 Å². The van der Waals surface area contributed by atoms with E-state index in [4.69, 9.17) is 16.3 Å². The summed E-state index contributed by atoms with van der Waals surface area (Å²) in [5.74, 6) is 0.110. The van der Waals surface area contributed by atoms with Crippen LogP contribution >= 0.6 is 11.6 Å². The number of hydrogen-bond donors (Lipinski definition) is 1. The van der Waals surface area contributed by atoms with Crippen LogP contribution < -0.4 is 10.1 Å². The Morgan fingerprint density at radius 3 is 2.85 bits per heavy atom. The highest BCUT2D eigenvalue weighted by atomic mass is 35.5. The topological polar surface area (TPSA) is 34.2 Å². The zero-order valence-electron chi connectivity index (χ0n) is 11.4. The van der Waals surface area contributed by atoms with E-state index in [0.29, 0.717) is 28.7 Å². The molecule has 1 N–H and O–H groups in total. The summed E-state index contributed by atoms with van der Waals surface area (Å²) >= 11 is 6.06. The summed E-state index contributed by atoms with van der Waals surface area (Å²) < 4.78 is 19.4. The van der Waals surface area contributed by atoms with Crippen molar-refractivity contribution in [1.29, 1.82) is 0 Å². The molecule has 20 heavy (non-hydrogen) atoms. The molecule has 0 amide bonds. The van der Waals surface area contributed by atoms with Gasteiger partial charge in [0.15, 0.2) is 11.6 Å². The summed E-state index contributed by atoms with van der Waals surface area (Å²) in [6, 6.07) is 8.32. The maximum atomic E-state index is 13.9. The number of benzene rings is 1. The second-order valence-electron chi connectivity index (χ2n) is 4.35. The van der Waals surface area contributed by atoms with E-state index < -0.39 is 0 Å². The SMILES string of the molecule is CCNCc1nc(Oc2cccc(C)c2F)ccc1Cl. The summed E-state index contributed by atoms with van der Waals surface area (Å²) in [7, 11) is 0. The molecular formula is C15H16ClFN2O. The van der Waals surface area contributed by atoms with Crippen molar-refractivity contribution in [2.75, 3.05) is 6.54 Å². The largest absolute Gasteiger partial charge is 0.436 e. The third kappa shape index (κ3) is 3.46. The summed E-state index contributed by atoms with van der Waals surface area (Å²) in [5, 5.41) is 3.70. The Labute approximate surface area is 122 Å². The number of aryl methyl sites for hydroxylation is 1. The van der Waals surface area contributed by atoms with E-state index in [2.05, 4.69) is 10.3 Å². The predicted octanol–water partition coefficient (Wildman–Crippen LogP) is 4.08. The van der Waals surface area contributed by atoms with Gasteiger partial charge >= 0.3 is 0 Å². The van der Waals surface area contributed by atoms with Crippen LogP contribution in [0.25, 0.3) is 0 Å². The number of nitrogens with one attached hydrogen (secondary N) is 1. The van der Waals surface area contributed by atoms with Gasteiger partial charge in [0.25, 0.3) is 0 Å². The summed E-state index contributed by atoms with van der Waals surface area (Å²) in [6.07, 6.45) is 0. The molecule has 0 aliphatic rings. The van der Waals surface area contributed by atoms with Gasteiger partial charge in [0.2, 0.25) is 5.88 Å². The molecule has 2 rings (SSSR count). The Morgan fingerprint density at radius 2 is 2.10 bits per heavy atom. The first kappa shape index (κ1) is 14.8. The van der Waals surface area contributed by atoms with Crippen LogP contribution in [0.3, 0.4) is 0 Å². The molecular weight excluding hydrogens is 279 g/mol. The predicted molar refractivity (Wildman–Crippen MR) is 77.8 cm³/mol. The van der Waals surface area contributed by atoms with E-state index in [1.807, 2.05) is 6.92 Å². The van der Waals surface area contributed by atoms with Gasteiger partial charge in [-0.25, -0.2) is 9.37 Å². The molecule has 106 valence electrons. The van der Waals surface area contributed by atoms with E-state index in [0.717, 1.165) is 6.54 Å². The van der Waals surface area contributed by atoms with Gasteiger partial charge in [-0.05, 0) is 31.2 Å². The smallest absolute Gasteiger partial charge is 0.219 e. The molecule has 0 atom stereocenters. The highest BCUT2D eigenvalue weighted by Crippen LogP contribution is 2.26. The number of ether oxygens (including phenoxy) is 1. The van der Waals surface area contributed by atoms with Gasteiger partial charge in [0.05, 0.1) is 10.7 Å². The monoisotopic (exact) mass is 294 g/mol. The third-order valence-corrected chi connectivity index (χ3v) is 3.15. The number of aromatic nitrogens is 1. The van der Waals surface area contributed by atoms with Crippen LogP contribution in [0.5, 0.6) is 11.6 Å². The fourth-order valence-electron chi connectivity index (χ4n) is 1.70. The Bertz CT molecular complexity index is 604. The van der Waals surface area contributed by atoms with Crippen molar-refractivity contribution in [3.63, 3.8) is 0 Å². The second kappa shape index (κ2) is 6.68. The van der Waals surface area contributed by atoms with Gasteiger partial charge in [0, 0.05) is 12.6 Å². The van der Waals surface area contributed by atoms with Crippen molar-refractivity contribution in [1.82, 2.24) is 10.3 Å². The van der Waals surface area contributed by atoms with Gasteiger partial charge in [-0.1, -0.05) is 30.7 Å². The standard InChI is InChI=1S/C15H16ClFN2O/c1-3-18-9-12-11(16)7-8-14(19-12)20-13-6-4-5-10(2)15(13)17/h4-8,18H,3,9H2,1-2H3. The van der Waals surface area contributed by atoms with Gasteiger partial charge in [-0.15, -0.1) is 0 Å². The molecule has 0 spiro atoms. The van der Waals surface area contributed by atoms with Crippen LogP contribution in [0.15, 0.2) is 30.3 Å². The first-order valence-corrected chi connectivity index (χ1v) is 6.78. The minimum atomic E-state index is -0.377. The van der Waals surface area contributed by atoms with Crippen molar-refractivity contribution < 1.29 is 9.13 Å². The summed E-state index contributed by atoms with van der Waals surface area (Å²) in [6.45, 7) is 5.04. The van der Waals surface area contributed by atoms with Crippen LogP contribution in [-0.2, 0) is 6.54 Å². The average Bonchev–Trinajstić information content (AvgIpc) is 2.44. The Hall–Kier alpha value is -1.65. The minimum Gasteiger partial charge on any atom is -0.436 e. The van der Waals surface area contributed by atoms with E-state index >= 15 is 0 Å². The van der Waals surface area contributed by atoms with Crippen molar-refractivity contribution in [2.45, 2.75) is 20.4 Å². The fraction of sp³-hybridized carbons (Fsp3) is 0.267. The second-order valence-corrected chi connectivity index (χ2v) is 4.75. The molecule has 0 fully saturated rings. The Morgan fingerprint density at radius 1 is 1.30 bits per heavy atom. The van der Waals surface area contributed by atoms with E-state index in [-0.39, 0.29) is 11.6 Å². The van der Waals surface area contributed by atoms with Crippen LogP contribution in [0.2, 0.25) is 5.02 Å². The molecule has 0 radical (unpaired) electrons. The molecule has 0 aliphatic carbocycles. The molecule has 0 unspecified atom stereocenters. The first-order chi connectivity index (χ1) is 9.61. The Balaban J connectivity index is 2.23. The van der Waals surface area contributed by atoms with Gasteiger partial charge in [-0.2, -0.15) is 0 Å². The quantitative estimate of drug-likeness (QED) is 0.902. The lowest BCUT2D eigenvalue weighted by atomic mass is 10.2. The highest BCUT2D eigenvalue weighted by Gasteiger charge is 2.09. The molecule has 3 nitrogen and oxygen atoms in total. The molecule has 0 bridgehead atoms. The molecule has 0 saturated carbocycles. The van der Waals surface area contributed by atoms with Gasteiger partial charge in [-0.3, -0.25) is 0 Å². The lowest BCUT2D eigenvalue weighted by Gasteiger charge is -2.10. The molecule has 5 heteroatoms. The van der Waals surface area contributed by atoms with Crippen molar-refractivity contribution in [2.24, 2.45) is 0 Å². The normalized spacial score (nSPS) is 10.6. The Kier molecular flexibility index (Phi) is 4.93. The summed E-state index contributed by atoms with van der Waals surface area (Å²) in [5.41, 5.74) is 1.21. The lowest BCUT2D eigenvalue weighted by Crippen LogP contribution is -2.13. The van der Waals surface area contributed by atoms with E-state index in [9.17, 15) is 4.39 Å². The van der Waals surface area contributed by atoms with Gasteiger partial charge < -0.3 is 10.1 Å². The molecule has 0 saturated heterocycles. The lowest BCUT2D eigenvalue weighted by molar-refractivity contribution is 0.423. The van der Waals surface area contributed by atoms with E-state index in [1.54, 1.807) is 37.3 Å². The third-order valence-electron chi connectivity index (χ3n) is 2.81. The molecule has 1 aromatic heterocycles. The average molecular weight is 295 g/mol. The number of pyridine rings is 1. The number of halogens is 2. The van der Waals surface area contributed by atoms with Crippen LogP contribution in [0.4, 0.5) is 4.39 Å². The van der Waals surface area contributed by atoms with Crippen LogP contribution in [-0.4, -0.2) is 11.5 Å². The van der Waals surface area contributed by atoms with Crippen molar-refractivity contribution >= 4 is 11.6 Å². The minimum absolute atomic E-state index is 0.161. The number of rotatable bonds is 5. The molecule has 1 aromatic carbocycles. The molecule has 2 aromatic rings. The van der Waals surface area contributed by atoms with Crippen molar-refractivity contribution in [3.8, 4) is 11.6 Å². The van der Waals surface area contributed by atoms with E-state index in [1.165, 1.54) is 0 Å². The maximum Gasteiger partial charge on any atom is 0.219 e.